The first kappa shape index (κ1) is 21.1. The molecule has 2 aromatic rings. The van der Waals surface area contributed by atoms with E-state index < -0.39 is 5.91 Å². The number of hydrogen-bond donors (Lipinski definition) is 1. The van der Waals surface area contributed by atoms with Crippen molar-refractivity contribution in [3.63, 3.8) is 0 Å². The third kappa shape index (κ3) is 5.25. The molecule has 1 saturated heterocycles. The standard InChI is InChI=1S/C23H30FN3O2/c1-15(2)14-29-18-12-16(11-17(24)13-18)20-6-5-19(21(25)28)22(26-20)27-9-7-23(3,4)8-10-27/h5-6,11-13,15H,7-10,14H2,1-4H3,(H2,25,28). The number of benzene rings is 1. The predicted octanol–water partition coefficient (Wildman–Crippen LogP) is 4.65. The number of piperidine rings is 1. The number of nitrogens with zero attached hydrogens (tertiary/aromatic N) is 2. The molecule has 6 heteroatoms. The molecule has 2 heterocycles. The maximum Gasteiger partial charge on any atom is 0.252 e. The number of anilines is 1. The van der Waals surface area contributed by atoms with E-state index in [0.717, 1.165) is 25.9 Å². The van der Waals surface area contributed by atoms with Crippen molar-refractivity contribution in [3.05, 3.63) is 41.7 Å². The average molecular weight is 400 g/mol. The molecule has 0 spiro atoms. The normalized spacial score (nSPS) is 16.1. The van der Waals surface area contributed by atoms with Gasteiger partial charge in [0.25, 0.3) is 5.91 Å². The number of amides is 1. The van der Waals surface area contributed by atoms with Gasteiger partial charge in [0.1, 0.15) is 17.4 Å². The first-order chi connectivity index (χ1) is 13.6. The lowest BCUT2D eigenvalue weighted by Gasteiger charge is -2.38. The Morgan fingerprint density at radius 3 is 2.55 bits per heavy atom. The Morgan fingerprint density at radius 2 is 1.93 bits per heavy atom. The summed E-state index contributed by atoms with van der Waals surface area (Å²) in [6.45, 7) is 10.7. The zero-order chi connectivity index (χ0) is 21.2. The molecular weight excluding hydrogens is 369 g/mol. The van der Waals surface area contributed by atoms with E-state index in [2.05, 4.69) is 18.7 Å². The zero-order valence-corrected chi connectivity index (χ0v) is 17.7. The molecule has 0 aliphatic carbocycles. The van der Waals surface area contributed by atoms with Crippen LogP contribution in [0.2, 0.25) is 0 Å². The Kier molecular flexibility index (Phi) is 6.10. The van der Waals surface area contributed by atoms with Crippen molar-refractivity contribution in [2.45, 2.75) is 40.5 Å². The van der Waals surface area contributed by atoms with Gasteiger partial charge in [-0.1, -0.05) is 27.7 Å². The number of primary amides is 1. The highest BCUT2D eigenvalue weighted by Crippen LogP contribution is 2.34. The highest BCUT2D eigenvalue weighted by molar-refractivity contribution is 5.98. The summed E-state index contributed by atoms with van der Waals surface area (Å²) in [6, 6.07) is 7.97. The van der Waals surface area contributed by atoms with Crippen LogP contribution >= 0.6 is 0 Å². The van der Waals surface area contributed by atoms with Crippen LogP contribution in [0.5, 0.6) is 5.75 Å². The molecule has 1 amide bonds. The number of aromatic nitrogens is 1. The number of nitrogens with two attached hydrogens (primary N) is 1. The number of pyridine rings is 1. The molecule has 1 aliphatic rings. The van der Waals surface area contributed by atoms with Crippen LogP contribution in [0.1, 0.15) is 50.9 Å². The fourth-order valence-electron chi connectivity index (χ4n) is 3.42. The van der Waals surface area contributed by atoms with Crippen LogP contribution in [0.25, 0.3) is 11.3 Å². The van der Waals surface area contributed by atoms with E-state index in [1.807, 2.05) is 13.8 Å². The second kappa shape index (κ2) is 8.39. The van der Waals surface area contributed by atoms with Crippen molar-refractivity contribution in [2.75, 3.05) is 24.6 Å². The van der Waals surface area contributed by atoms with Gasteiger partial charge < -0.3 is 15.4 Å². The van der Waals surface area contributed by atoms with Crippen molar-refractivity contribution in [1.29, 1.82) is 0 Å². The van der Waals surface area contributed by atoms with Crippen LogP contribution in [-0.4, -0.2) is 30.6 Å². The van der Waals surface area contributed by atoms with E-state index in [0.29, 0.717) is 40.9 Å². The summed E-state index contributed by atoms with van der Waals surface area (Å²) in [7, 11) is 0. The second-order valence-corrected chi connectivity index (χ2v) is 8.96. The van der Waals surface area contributed by atoms with E-state index in [4.69, 9.17) is 15.5 Å². The van der Waals surface area contributed by atoms with Gasteiger partial charge in [-0.15, -0.1) is 0 Å². The molecule has 2 N–H and O–H groups in total. The van der Waals surface area contributed by atoms with Gasteiger partial charge in [-0.3, -0.25) is 4.79 Å². The van der Waals surface area contributed by atoms with Crippen molar-refractivity contribution >= 4 is 11.7 Å². The summed E-state index contributed by atoms with van der Waals surface area (Å²) < 4.78 is 19.9. The third-order valence-electron chi connectivity index (χ3n) is 5.31. The summed E-state index contributed by atoms with van der Waals surface area (Å²) in [5, 5.41) is 0. The lowest BCUT2D eigenvalue weighted by molar-refractivity contribution is 0.100. The number of rotatable bonds is 6. The molecule has 3 rings (SSSR count). The van der Waals surface area contributed by atoms with Crippen LogP contribution in [-0.2, 0) is 0 Å². The molecule has 156 valence electrons. The van der Waals surface area contributed by atoms with Crippen molar-refractivity contribution < 1.29 is 13.9 Å². The highest BCUT2D eigenvalue weighted by Gasteiger charge is 2.28. The van der Waals surface area contributed by atoms with Gasteiger partial charge in [0, 0.05) is 24.7 Å². The minimum Gasteiger partial charge on any atom is -0.493 e. The third-order valence-corrected chi connectivity index (χ3v) is 5.31. The van der Waals surface area contributed by atoms with Gasteiger partial charge in [-0.05, 0) is 48.4 Å². The molecule has 0 saturated carbocycles. The van der Waals surface area contributed by atoms with Crippen molar-refractivity contribution in [1.82, 2.24) is 4.98 Å². The van der Waals surface area contributed by atoms with Crippen LogP contribution in [0.4, 0.5) is 10.2 Å². The minimum absolute atomic E-state index is 0.270. The van der Waals surface area contributed by atoms with Crippen LogP contribution in [0.3, 0.4) is 0 Å². The SMILES string of the molecule is CC(C)COc1cc(F)cc(-c2ccc(C(N)=O)c(N3CCC(C)(C)CC3)n2)c1. The molecular formula is C23H30FN3O2. The van der Waals surface area contributed by atoms with E-state index in [-0.39, 0.29) is 11.2 Å². The fraction of sp³-hybridized carbons (Fsp3) is 0.478. The molecule has 1 aliphatic heterocycles. The van der Waals surface area contributed by atoms with Gasteiger partial charge in [0.05, 0.1) is 17.9 Å². The number of carbonyl (C=O) groups is 1. The Balaban J connectivity index is 1.96. The Hall–Kier alpha value is -2.63. The number of halogens is 1. The van der Waals surface area contributed by atoms with E-state index in [1.54, 1.807) is 18.2 Å². The van der Waals surface area contributed by atoms with Gasteiger partial charge in [0.2, 0.25) is 0 Å². The predicted molar refractivity (Wildman–Crippen MR) is 114 cm³/mol. The zero-order valence-electron chi connectivity index (χ0n) is 17.7. The molecule has 0 bridgehead atoms. The van der Waals surface area contributed by atoms with E-state index in [1.165, 1.54) is 12.1 Å². The summed E-state index contributed by atoms with van der Waals surface area (Å²) in [4.78, 5) is 18.8. The first-order valence-electron chi connectivity index (χ1n) is 10.1. The lowest BCUT2D eigenvalue weighted by atomic mass is 9.82. The van der Waals surface area contributed by atoms with Crippen LogP contribution < -0.4 is 15.4 Å². The summed E-state index contributed by atoms with van der Waals surface area (Å²) >= 11 is 0. The molecule has 1 aromatic carbocycles. The maximum atomic E-state index is 14.2. The average Bonchev–Trinajstić information content (AvgIpc) is 2.65. The molecule has 29 heavy (non-hydrogen) atoms. The van der Waals surface area contributed by atoms with Gasteiger partial charge in [-0.2, -0.15) is 0 Å². The largest absolute Gasteiger partial charge is 0.493 e. The summed E-state index contributed by atoms with van der Waals surface area (Å²) in [6.07, 6.45) is 2.01. The molecule has 0 unspecified atom stereocenters. The second-order valence-electron chi connectivity index (χ2n) is 8.96. The smallest absolute Gasteiger partial charge is 0.252 e. The molecule has 5 nitrogen and oxygen atoms in total. The van der Waals surface area contributed by atoms with Crippen molar-refractivity contribution in [2.24, 2.45) is 17.1 Å². The van der Waals surface area contributed by atoms with E-state index >= 15 is 0 Å². The molecule has 0 radical (unpaired) electrons. The van der Waals surface area contributed by atoms with Crippen LogP contribution in [0, 0.1) is 17.2 Å². The summed E-state index contributed by atoms with van der Waals surface area (Å²) in [5.74, 6) is 0.479. The molecule has 0 atom stereocenters. The molecule has 1 fully saturated rings. The monoisotopic (exact) mass is 399 g/mol. The number of ether oxygens (including phenoxy) is 1. The quantitative estimate of drug-likeness (QED) is 0.768. The molecule has 1 aromatic heterocycles. The Bertz CT molecular complexity index is 886. The number of hydrogen-bond acceptors (Lipinski definition) is 4. The minimum atomic E-state index is -0.510. The van der Waals surface area contributed by atoms with Gasteiger partial charge in [0.15, 0.2) is 0 Å². The lowest BCUT2D eigenvalue weighted by Crippen LogP contribution is -2.39. The Labute approximate surface area is 172 Å². The Morgan fingerprint density at radius 1 is 1.24 bits per heavy atom. The van der Waals surface area contributed by atoms with Crippen molar-refractivity contribution in [3.8, 4) is 17.0 Å². The first-order valence-corrected chi connectivity index (χ1v) is 10.1. The van der Waals surface area contributed by atoms with Gasteiger partial charge >= 0.3 is 0 Å². The maximum absolute atomic E-state index is 14.2. The van der Waals surface area contributed by atoms with E-state index in [9.17, 15) is 9.18 Å². The highest BCUT2D eigenvalue weighted by atomic mass is 19.1. The van der Waals surface area contributed by atoms with Crippen LogP contribution in [0.15, 0.2) is 30.3 Å². The number of carbonyl (C=O) groups excluding carboxylic acids is 1. The summed E-state index contributed by atoms with van der Waals surface area (Å²) in [5.41, 5.74) is 7.45. The topological polar surface area (TPSA) is 68.5 Å². The fourth-order valence-corrected chi connectivity index (χ4v) is 3.42. The van der Waals surface area contributed by atoms with Gasteiger partial charge in [-0.25, -0.2) is 9.37 Å².